The van der Waals surface area contributed by atoms with E-state index in [-0.39, 0.29) is 6.54 Å². The highest BCUT2D eigenvalue weighted by Gasteiger charge is 2.10. The van der Waals surface area contributed by atoms with Gasteiger partial charge in [0.2, 0.25) is 0 Å². The third kappa shape index (κ3) is 1.64. The second-order valence-electron chi connectivity index (χ2n) is 3.95. The molecule has 4 N–H and O–H groups in total. The Hall–Kier alpha value is -1.32. The minimum Gasteiger partial charge on any atom is -0.386 e. The van der Waals surface area contributed by atoms with Crippen molar-refractivity contribution >= 4 is 10.9 Å². The number of H-pyrrole nitrogens is 1. The molecule has 0 radical (unpaired) electrons. The van der Waals surface area contributed by atoms with Gasteiger partial charge in [-0.1, -0.05) is 12.1 Å². The number of benzene rings is 1. The van der Waals surface area contributed by atoms with Crippen LogP contribution in [0, 0.1) is 13.8 Å². The van der Waals surface area contributed by atoms with Crippen LogP contribution in [0.2, 0.25) is 0 Å². The third-order valence-corrected chi connectivity index (χ3v) is 2.93. The molecule has 0 saturated carbocycles. The highest BCUT2D eigenvalue weighted by molar-refractivity contribution is 5.84. The molecule has 1 aromatic heterocycles. The Balaban J connectivity index is 2.61. The Kier molecular flexibility index (Phi) is 2.50. The van der Waals surface area contributed by atoms with E-state index in [9.17, 15) is 5.11 Å². The fourth-order valence-corrected chi connectivity index (χ4v) is 1.78. The van der Waals surface area contributed by atoms with E-state index in [4.69, 9.17) is 5.73 Å². The lowest BCUT2D eigenvalue weighted by atomic mass is 10.1. The molecule has 0 aliphatic carbocycles. The number of nitrogens with two attached hydrogens (primary N) is 1. The molecule has 0 bridgehead atoms. The molecule has 2 aromatic rings. The number of aliphatic hydroxyl groups excluding tert-OH is 1. The van der Waals surface area contributed by atoms with Gasteiger partial charge >= 0.3 is 0 Å². The van der Waals surface area contributed by atoms with Gasteiger partial charge in [0, 0.05) is 23.1 Å². The molecule has 80 valence electrons. The first kappa shape index (κ1) is 10.2. The van der Waals surface area contributed by atoms with Gasteiger partial charge in [0.1, 0.15) is 6.10 Å². The Morgan fingerprint density at radius 2 is 2.13 bits per heavy atom. The van der Waals surface area contributed by atoms with Crippen molar-refractivity contribution in [3.05, 3.63) is 35.0 Å². The molecule has 0 aliphatic rings. The first-order chi connectivity index (χ1) is 7.13. The monoisotopic (exact) mass is 204 g/mol. The van der Waals surface area contributed by atoms with Gasteiger partial charge in [-0.25, -0.2) is 0 Å². The van der Waals surface area contributed by atoms with Crippen molar-refractivity contribution in [1.29, 1.82) is 0 Å². The van der Waals surface area contributed by atoms with E-state index in [2.05, 4.69) is 31.0 Å². The highest BCUT2D eigenvalue weighted by Crippen LogP contribution is 2.24. The summed E-state index contributed by atoms with van der Waals surface area (Å²) in [6.45, 7) is 4.40. The van der Waals surface area contributed by atoms with Crippen LogP contribution in [0.1, 0.15) is 22.9 Å². The van der Waals surface area contributed by atoms with E-state index in [1.807, 2.05) is 6.07 Å². The lowest BCUT2D eigenvalue weighted by Crippen LogP contribution is -2.11. The van der Waals surface area contributed by atoms with Crippen LogP contribution in [0.15, 0.2) is 18.2 Å². The van der Waals surface area contributed by atoms with Crippen LogP contribution >= 0.6 is 0 Å². The summed E-state index contributed by atoms with van der Waals surface area (Å²) >= 11 is 0. The Morgan fingerprint density at radius 1 is 1.40 bits per heavy atom. The van der Waals surface area contributed by atoms with Crippen molar-refractivity contribution < 1.29 is 5.11 Å². The summed E-state index contributed by atoms with van der Waals surface area (Å²) in [7, 11) is 0. The highest BCUT2D eigenvalue weighted by atomic mass is 16.3. The van der Waals surface area contributed by atoms with Crippen LogP contribution in [-0.4, -0.2) is 16.6 Å². The summed E-state index contributed by atoms with van der Waals surface area (Å²) in [5.41, 5.74) is 9.78. The van der Waals surface area contributed by atoms with E-state index < -0.39 is 6.10 Å². The molecular weight excluding hydrogens is 188 g/mol. The number of hydrogen-bond acceptors (Lipinski definition) is 2. The zero-order valence-electron chi connectivity index (χ0n) is 9.04. The zero-order chi connectivity index (χ0) is 11.0. The number of aromatic amines is 1. The maximum absolute atomic E-state index is 9.63. The maximum atomic E-state index is 9.63. The quantitative estimate of drug-likeness (QED) is 0.698. The summed E-state index contributed by atoms with van der Waals surface area (Å²) in [5.74, 6) is 0. The van der Waals surface area contributed by atoms with Crippen LogP contribution in [0.25, 0.3) is 10.9 Å². The number of rotatable bonds is 2. The van der Waals surface area contributed by atoms with Crippen LogP contribution in [0.5, 0.6) is 0 Å². The van der Waals surface area contributed by atoms with Crippen molar-refractivity contribution in [2.24, 2.45) is 5.73 Å². The molecule has 0 spiro atoms. The topological polar surface area (TPSA) is 62.0 Å². The van der Waals surface area contributed by atoms with Gasteiger partial charge in [-0.2, -0.15) is 0 Å². The van der Waals surface area contributed by atoms with Crippen molar-refractivity contribution in [2.45, 2.75) is 20.0 Å². The summed E-state index contributed by atoms with van der Waals surface area (Å²) < 4.78 is 0. The van der Waals surface area contributed by atoms with E-state index in [1.165, 1.54) is 11.1 Å². The third-order valence-electron chi connectivity index (χ3n) is 2.93. The number of nitrogens with one attached hydrogen (secondary N) is 1. The molecule has 1 atom stereocenters. The number of fused-ring (bicyclic) bond motifs is 1. The summed E-state index contributed by atoms with van der Waals surface area (Å²) in [5, 5.41) is 10.8. The first-order valence-electron chi connectivity index (χ1n) is 5.10. The average molecular weight is 204 g/mol. The summed E-state index contributed by atoms with van der Waals surface area (Å²) in [6, 6.07) is 6.10. The minimum absolute atomic E-state index is 0.241. The van der Waals surface area contributed by atoms with Gasteiger partial charge in [-0.3, -0.25) is 0 Å². The molecule has 0 aliphatic heterocycles. The van der Waals surface area contributed by atoms with Crippen molar-refractivity contribution in [3.63, 3.8) is 0 Å². The smallest absolute Gasteiger partial charge is 0.106 e. The Morgan fingerprint density at radius 3 is 2.80 bits per heavy atom. The molecule has 0 amide bonds. The Bertz CT molecular complexity index is 488. The summed E-state index contributed by atoms with van der Waals surface area (Å²) in [6.07, 6.45) is -0.600. The second-order valence-corrected chi connectivity index (χ2v) is 3.95. The maximum Gasteiger partial charge on any atom is 0.106 e. The fourth-order valence-electron chi connectivity index (χ4n) is 1.78. The van der Waals surface area contributed by atoms with Crippen molar-refractivity contribution in [1.82, 2.24) is 4.98 Å². The molecule has 2 rings (SSSR count). The Labute approximate surface area is 88.9 Å². The van der Waals surface area contributed by atoms with Gasteiger partial charge in [0.15, 0.2) is 0 Å². The number of aryl methyl sites for hydroxylation is 2. The predicted octanol–water partition coefficient (Wildman–Crippen LogP) is 1.78. The van der Waals surface area contributed by atoms with Crippen LogP contribution in [-0.2, 0) is 0 Å². The van der Waals surface area contributed by atoms with Crippen molar-refractivity contribution in [3.8, 4) is 0 Å². The van der Waals surface area contributed by atoms with E-state index in [0.717, 1.165) is 16.6 Å². The lowest BCUT2D eigenvalue weighted by molar-refractivity contribution is 0.183. The van der Waals surface area contributed by atoms with Gasteiger partial charge < -0.3 is 15.8 Å². The molecule has 3 nitrogen and oxygen atoms in total. The van der Waals surface area contributed by atoms with Gasteiger partial charge in [0.05, 0.1) is 0 Å². The fraction of sp³-hybridized carbons (Fsp3) is 0.333. The number of hydrogen-bond donors (Lipinski definition) is 3. The van der Waals surface area contributed by atoms with Gasteiger partial charge in [-0.05, 0) is 31.0 Å². The predicted molar refractivity (Wildman–Crippen MR) is 61.8 cm³/mol. The SMILES string of the molecule is Cc1ccc2cc(C(O)CN)[nH]c2c1C. The van der Waals surface area contributed by atoms with Gasteiger partial charge in [0.25, 0.3) is 0 Å². The van der Waals surface area contributed by atoms with E-state index in [1.54, 1.807) is 0 Å². The molecule has 0 fully saturated rings. The average Bonchev–Trinajstić information content (AvgIpc) is 2.67. The molecule has 1 heterocycles. The second kappa shape index (κ2) is 3.68. The normalized spacial score (nSPS) is 13.3. The number of aromatic nitrogens is 1. The largest absolute Gasteiger partial charge is 0.386 e. The van der Waals surface area contributed by atoms with Crippen LogP contribution in [0.4, 0.5) is 0 Å². The van der Waals surface area contributed by atoms with Crippen molar-refractivity contribution in [2.75, 3.05) is 6.54 Å². The van der Waals surface area contributed by atoms with Crippen LogP contribution < -0.4 is 5.73 Å². The summed E-state index contributed by atoms with van der Waals surface area (Å²) in [4.78, 5) is 3.23. The first-order valence-corrected chi connectivity index (χ1v) is 5.10. The molecule has 0 saturated heterocycles. The molecule has 1 aromatic carbocycles. The van der Waals surface area contributed by atoms with Crippen LogP contribution in [0.3, 0.4) is 0 Å². The minimum atomic E-state index is -0.600. The standard InChI is InChI=1S/C12H16N2O/c1-7-3-4-9-5-10(11(15)6-13)14-12(9)8(7)2/h3-5,11,14-15H,6,13H2,1-2H3. The zero-order valence-corrected chi connectivity index (χ0v) is 9.04. The van der Waals surface area contributed by atoms with E-state index in [0.29, 0.717) is 0 Å². The van der Waals surface area contributed by atoms with Gasteiger partial charge in [-0.15, -0.1) is 0 Å². The molecule has 1 unspecified atom stereocenters. The lowest BCUT2D eigenvalue weighted by Gasteiger charge is -2.03. The molecule has 15 heavy (non-hydrogen) atoms. The number of aliphatic hydroxyl groups is 1. The van der Waals surface area contributed by atoms with E-state index >= 15 is 0 Å². The molecule has 3 heteroatoms. The molecular formula is C12H16N2O.